The average Bonchev–Trinajstić information content (AvgIpc) is 2.08. The molecule has 0 amide bonds. The lowest BCUT2D eigenvalue weighted by molar-refractivity contribution is 0.318. The summed E-state index contributed by atoms with van der Waals surface area (Å²) in [6, 6.07) is 3.39. The number of rotatable bonds is 1. The van der Waals surface area contributed by atoms with Gasteiger partial charge in [-0.3, -0.25) is 0 Å². The van der Waals surface area contributed by atoms with Crippen LogP contribution in [-0.2, 0) is 0 Å². The summed E-state index contributed by atoms with van der Waals surface area (Å²) in [6.45, 7) is 1.82. The number of pyridine rings is 1. The van der Waals surface area contributed by atoms with Crippen LogP contribution in [0.5, 0.6) is 0 Å². The molecule has 0 radical (unpaired) electrons. The van der Waals surface area contributed by atoms with Crippen LogP contribution >= 0.6 is 11.6 Å². The Morgan fingerprint density at radius 2 is 2.33 bits per heavy atom. The van der Waals surface area contributed by atoms with E-state index in [0.29, 0.717) is 10.8 Å². The summed E-state index contributed by atoms with van der Waals surface area (Å²) in [5.41, 5.74) is 6.51. The molecule has 1 aromatic heterocycles. The van der Waals surface area contributed by atoms with Gasteiger partial charge < -0.3 is 10.9 Å². The highest BCUT2D eigenvalue weighted by molar-refractivity contribution is 6.30. The van der Waals surface area contributed by atoms with Crippen LogP contribution in [0, 0.1) is 6.92 Å². The van der Waals surface area contributed by atoms with Crippen LogP contribution in [0.4, 0.5) is 0 Å². The van der Waals surface area contributed by atoms with Crippen LogP contribution in [0.2, 0.25) is 5.15 Å². The number of hydrogen-bond donors (Lipinski definition) is 2. The van der Waals surface area contributed by atoms with Crippen LogP contribution in [0.15, 0.2) is 17.3 Å². The molecule has 64 valence electrons. The van der Waals surface area contributed by atoms with Gasteiger partial charge in [-0.25, -0.2) is 4.98 Å². The lowest BCUT2D eigenvalue weighted by Gasteiger charge is -1.99. The first-order valence-electron chi connectivity index (χ1n) is 3.26. The molecule has 0 bridgehead atoms. The van der Waals surface area contributed by atoms with Gasteiger partial charge >= 0.3 is 0 Å². The van der Waals surface area contributed by atoms with Crippen LogP contribution in [0.25, 0.3) is 0 Å². The van der Waals surface area contributed by atoms with Gasteiger partial charge in [-0.05, 0) is 18.6 Å². The molecule has 1 heterocycles. The van der Waals surface area contributed by atoms with Crippen molar-refractivity contribution in [2.45, 2.75) is 6.92 Å². The molecule has 1 rings (SSSR count). The first-order valence-corrected chi connectivity index (χ1v) is 3.64. The minimum absolute atomic E-state index is 0.0445. The summed E-state index contributed by atoms with van der Waals surface area (Å²) in [6.07, 6.45) is 0. The Balaban J connectivity index is 3.13. The summed E-state index contributed by atoms with van der Waals surface area (Å²) in [4.78, 5) is 3.89. The molecule has 3 N–H and O–H groups in total. The Bertz CT molecular complexity index is 324. The van der Waals surface area contributed by atoms with E-state index < -0.39 is 0 Å². The average molecular weight is 186 g/mol. The van der Waals surface area contributed by atoms with Crippen LogP contribution in [-0.4, -0.2) is 16.0 Å². The molecular weight excluding hydrogens is 178 g/mol. The van der Waals surface area contributed by atoms with Gasteiger partial charge in [-0.1, -0.05) is 22.8 Å². The first-order chi connectivity index (χ1) is 5.65. The zero-order valence-electron chi connectivity index (χ0n) is 6.45. The maximum atomic E-state index is 8.33. The summed E-state index contributed by atoms with van der Waals surface area (Å²) in [7, 11) is 0. The SMILES string of the molecule is Cc1ccc(/C(N)=N\O)nc1Cl. The Morgan fingerprint density at radius 1 is 1.67 bits per heavy atom. The summed E-state index contributed by atoms with van der Waals surface area (Å²) >= 11 is 5.71. The third kappa shape index (κ3) is 1.65. The number of oxime groups is 1. The number of aromatic nitrogens is 1. The zero-order chi connectivity index (χ0) is 9.14. The highest BCUT2D eigenvalue weighted by atomic mass is 35.5. The second-order valence-electron chi connectivity index (χ2n) is 2.29. The minimum Gasteiger partial charge on any atom is -0.409 e. The van der Waals surface area contributed by atoms with Crippen molar-refractivity contribution >= 4 is 17.4 Å². The topological polar surface area (TPSA) is 71.5 Å². The van der Waals surface area contributed by atoms with Gasteiger partial charge in [-0.15, -0.1) is 0 Å². The van der Waals surface area contributed by atoms with Crippen molar-refractivity contribution in [2.75, 3.05) is 0 Å². The molecule has 1 aromatic rings. The van der Waals surface area contributed by atoms with Crippen LogP contribution in [0.3, 0.4) is 0 Å². The molecule has 12 heavy (non-hydrogen) atoms. The number of halogens is 1. The largest absolute Gasteiger partial charge is 0.409 e. The lowest BCUT2D eigenvalue weighted by atomic mass is 10.2. The summed E-state index contributed by atoms with van der Waals surface area (Å²) in [5, 5.41) is 11.5. The molecule has 0 saturated heterocycles. The van der Waals surface area contributed by atoms with E-state index in [0.717, 1.165) is 5.56 Å². The third-order valence-electron chi connectivity index (χ3n) is 1.41. The predicted molar refractivity (Wildman–Crippen MR) is 46.5 cm³/mol. The van der Waals surface area contributed by atoms with E-state index in [-0.39, 0.29) is 5.84 Å². The van der Waals surface area contributed by atoms with E-state index in [1.165, 1.54) is 0 Å². The molecule has 0 aliphatic heterocycles. The molecule has 0 aliphatic rings. The monoisotopic (exact) mass is 185 g/mol. The Hall–Kier alpha value is -1.29. The fraction of sp³-hybridized carbons (Fsp3) is 0.143. The highest BCUT2D eigenvalue weighted by Gasteiger charge is 2.02. The van der Waals surface area contributed by atoms with E-state index in [1.54, 1.807) is 12.1 Å². The Kier molecular flexibility index (Phi) is 2.50. The molecule has 0 saturated carbocycles. The number of amidine groups is 1. The number of aryl methyl sites for hydroxylation is 1. The fourth-order valence-electron chi connectivity index (χ4n) is 0.698. The van der Waals surface area contributed by atoms with E-state index in [2.05, 4.69) is 10.1 Å². The van der Waals surface area contributed by atoms with Crippen molar-refractivity contribution < 1.29 is 5.21 Å². The molecular formula is C7H8ClN3O. The van der Waals surface area contributed by atoms with Gasteiger partial charge in [0, 0.05) is 0 Å². The normalized spacial score (nSPS) is 11.7. The smallest absolute Gasteiger partial charge is 0.188 e. The van der Waals surface area contributed by atoms with Crippen LogP contribution < -0.4 is 5.73 Å². The molecule has 0 aliphatic carbocycles. The standard InChI is InChI=1S/C7H8ClN3O/c1-4-2-3-5(7(9)11-12)10-6(4)8/h2-3,12H,1H3,(H2,9,11). The van der Waals surface area contributed by atoms with E-state index >= 15 is 0 Å². The lowest BCUT2D eigenvalue weighted by Crippen LogP contribution is -2.15. The maximum Gasteiger partial charge on any atom is 0.188 e. The molecule has 0 fully saturated rings. The minimum atomic E-state index is -0.0445. The van der Waals surface area contributed by atoms with Crippen molar-refractivity contribution in [3.63, 3.8) is 0 Å². The molecule has 0 atom stereocenters. The van der Waals surface area contributed by atoms with Gasteiger partial charge in [-0.2, -0.15) is 0 Å². The second-order valence-corrected chi connectivity index (χ2v) is 2.65. The molecule has 5 heteroatoms. The van der Waals surface area contributed by atoms with Gasteiger partial charge in [0.15, 0.2) is 5.84 Å². The van der Waals surface area contributed by atoms with Crippen molar-refractivity contribution in [3.8, 4) is 0 Å². The summed E-state index contributed by atoms with van der Waals surface area (Å²) in [5.74, 6) is -0.0445. The number of nitrogens with two attached hydrogens (primary N) is 1. The second kappa shape index (κ2) is 3.40. The Morgan fingerprint density at radius 3 is 2.83 bits per heavy atom. The predicted octanol–water partition coefficient (Wildman–Crippen LogP) is 1.14. The number of hydrogen-bond acceptors (Lipinski definition) is 3. The third-order valence-corrected chi connectivity index (χ3v) is 1.79. The maximum absolute atomic E-state index is 8.33. The zero-order valence-corrected chi connectivity index (χ0v) is 7.21. The molecule has 0 unspecified atom stereocenters. The quantitative estimate of drug-likeness (QED) is 0.227. The van der Waals surface area contributed by atoms with Crippen molar-refractivity contribution in [3.05, 3.63) is 28.5 Å². The first kappa shape index (κ1) is 8.80. The highest BCUT2D eigenvalue weighted by Crippen LogP contribution is 2.11. The Labute approximate surface area is 74.7 Å². The van der Waals surface area contributed by atoms with Gasteiger partial charge in [0.1, 0.15) is 10.8 Å². The van der Waals surface area contributed by atoms with E-state index in [1.807, 2.05) is 6.92 Å². The van der Waals surface area contributed by atoms with Gasteiger partial charge in [0.2, 0.25) is 0 Å². The molecule has 0 spiro atoms. The number of nitrogens with zero attached hydrogens (tertiary/aromatic N) is 2. The summed E-state index contributed by atoms with van der Waals surface area (Å²) < 4.78 is 0. The van der Waals surface area contributed by atoms with Gasteiger partial charge in [0.05, 0.1) is 0 Å². The fourth-order valence-corrected chi connectivity index (χ4v) is 0.852. The van der Waals surface area contributed by atoms with Crippen molar-refractivity contribution in [2.24, 2.45) is 10.9 Å². The molecule has 4 nitrogen and oxygen atoms in total. The van der Waals surface area contributed by atoms with Crippen LogP contribution in [0.1, 0.15) is 11.3 Å². The van der Waals surface area contributed by atoms with Gasteiger partial charge in [0.25, 0.3) is 0 Å². The van der Waals surface area contributed by atoms with E-state index in [9.17, 15) is 0 Å². The van der Waals surface area contributed by atoms with Crippen molar-refractivity contribution in [1.82, 2.24) is 4.98 Å². The molecule has 0 aromatic carbocycles. The van der Waals surface area contributed by atoms with Crippen molar-refractivity contribution in [1.29, 1.82) is 0 Å². The van der Waals surface area contributed by atoms with E-state index in [4.69, 9.17) is 22.5 Å².